The second-order valence-corrected chi connectivity index (χ2v) is 11.8. The Morgan fingerprint density at radius 3 is 2.38 bits per heavy atom. The van der Waals surface area contributed by atoms with Crippen LogP contribution in [-0.4, -0.2) is 37.7 Å². The van der Waals surface area contributed by atoms with Gasteiger partial charge in [-0.05, 0) is 62.3 Å². The number of carbonyl (C=O) groups excluding carboxylic acids is 2. The lowest BCUT2D eigenvalue weighted by molar-refractivity contribution is -0.125. The number of thiophene rings is 1. The molecule has 1 heterocycles. The van der Waals surface area contributed by atoms with E-state index in [-0.39, 0.29) is 35.4 Å². The van der Waals surface area contributed by atoms with Crippen molar-refractivity contribution in [2.75, 3.05) is 18.6 Å². The summed E-state index contributed by atoms with van der Waals surface area (Å²) in [5.74, 6) is 0.546. The Bertz CT molecular complexity index is 782. The number of unbranched alkanes of at least 4 members (excludes halogenated alkanes) is 1. The summed E-state index contributed by atoms with van der Waals surface area (Å²) in [6.45, 7) is 11.6. The molecule has 0 atom stereocenters. The maximum atomic E-state index is 13.9. The van der Waals surface area contributed by atoms with E-state index >= 15 is 0 Å². The molecule has 1 amide bonds. The number of carbonyl (C=O) groups is 2. The van der Waals surface area contributed by atoms with E-state index in [0.29, 0.717) is 10.8 Å². The summed E-state index contributed by atoms with van der Waals surface area (Å²) in [6, 6.07) is 2.14. The van der Waals surface area contributed by atoms with E-state index < -0.39 is 0 Å². The first-order valence-corrected chi connectivity index (χ1v) is 13.1. The van der Waals surface area contributed by atoms with Crippen LogP contribution in [0.25, 0.3) is 0 Å². The average Bonchev–Trinajstić information content (AvgIpc) is 3.17. The molecular formula is C26H41NO4S. The fraction of sp³-hybridized carbons (Fsp3) is 0.769. The van der Waals surface area contributed by atoms with E-state index in [1.807, 2.05) is 4.90 Å². The summed E-state index contributed by atoms with van der Waals surface area (Å²) < 4.78 is 11.1. The van der Waals surface area contributed by atoms with Gasteiger partial charge in [0.1, 0.15) is 4.88 Å². The Labute approximate surface area is 197 Å². The molecule has 2 aliphatic carbocycles. The van der Waals surface area contributed by atoms with Gasteiger partial charge in [-0.3, -0.25) is 4.79 Å². The first-order valence-electron chi connectivity index (χ1n) is 12.3. The van der Waals surface area contributed by atoms with Gasteiger partial charge in [0.2, 0.25) is 5.91 Å². The minimum atomic E-state index is -0.356. The van der Waals surface area contributed by atoms with Gasteiger partial charge in [0.05, 0.1) is 18.9 Å². The van der Waals surface area contributed by atoms with Gasteiger partial charge in [0.15, 0.2) is 0 Å². The molecule has 180 valence electrons. The van der Waals surface area contributed by atoms with Crippen LogP contribution >= 0.6 is 11.3 Å². The Morgan fingerprint density at radius 2 is 1.81 bits per heavy atom. The van der Waals surface area contributed by atoms with E-state index in [1.54, 1.807) is 0 Å². The van der Waals surface area contributed by atoms with Crippen molar-refractivity contribution < 1.29 is 19.1 Å². The van der Waals surface area contributed by atoms with Gasteiger partial charge in [-0.1, -0.05) is 41.0 Å². The molecule has 2 aliphatic rings. The monoisotopic (exact) mass is 463 g/mol. The van der Waals surface area contributed by atoms with Gasteiger partial charge in [0, 0.05) is 23.4 Å². The highest BCUT2D eigenvalue weighted by atomic mass is 32.1. The van der Waals surface area contributed by atoms with Crippen molar-refractivity contribution in [2.45, 2.75) is 104 Å². The van der Waals surface area contributed by atoms with Gasteiger partial charge in [0.25, 0.3) is 0 Å². The third-order valence-corrected chi connectivity index (χ3v) is 8.50. The number of ether oxygens (including phenoxy) is 2. The lowest BCUT2D eigenvalue weighted by Crippen LogP contribution is -2.53. The van der Waals surface area contributed by atoms with Gasteiger partial charge in [-0.2, -0.15) is 0 Å². The second kappa shape index (κ2) is 10.7. The van der Waals surface area contributed by atoms with Gasteiger partial charge in [-0.15, -0.1) is 11.3 Å². The summed E-state index contributed by atoms with van der Waals surface area (Å²) in [5.41, 5.74) is 0.638. The molecule has 0 saturated heterocycles. The fourth-order valence-corrected chi connectivity index (χ4v) is 5.77. The zero-order valence-electron chi connectivity index (χ0n) is 20.7. The molecule has 0 N–H and O–H groups in total. The number of nitrogens with zero attached hydrogens (tertiary/aromatic N) is 1. The molecule has 0 radical (unpaired) electrons. The van der Waals surface area contributed by atoms with E-state index in [4.69, 9.17) is 9.47 Å². The van der Waals surface area contributed by atoms with E-state index in [9.17, 15) is 9.59 Å². The van der Waals surface area contributed by atoms with Crippen molar-refractivity contribution in [1.29, 1.82) is 0 Å². The smallest absolute Gasteiger partial charge is 0.350 e. The number of esters is 1. The minimum absolute atomic E-state index is 0.0368. The molecule has 6 heteroatoms. The molecule has 32 heavy (non-hydrogen) atoms. The largest absolute Gasteiger partial charge is 0.465 e. The number of hydrogen-bond donors (Lipinski definition) is 0. The average molecular weight is 464 g/mol. The topological polar surface area (TPSA) is 55.8 Å². The van der Waals surface area contributed by atoms with Crippen LogP contribution in [0, 0.1) is 11.8 Å². The number of hydrogen-bond acceptors (Lipinski definition) is 5. The molecule has 5 nitrogen and oxygen atoms in total. The van der Waals surface area contributed by atoms with Crippen molar-refractivity contribution in [1.82, 2.24) is 0 Å². The van der Waals surface area contributed by atoms with Crippen LogP contribution < -0.4 is 4.90 Å². The first kappa shape index (κ1) is 25.2. The van der Waals surface area contributed by atoms with Crippen LogP contribution in [0.2, 0.25) is 0 Å². The summed E-state index contributed by atoms with van der Waals surface area (Å²) in [6.07, 6.45) is 8.11. The number of methoxy groups -OCH3 is 1. The Hall–Kier alpha value is -1.40. The molecule has 2 fully saturated rings. The van der Waals surface area contributed by atoms with Crippen molar-refractivity contribution in [3.8, 4) is 0 Å². The molecule has 2 saturated carbocycles. The molecular weight excluding hydrogens is 422 g/mol. The van der Waals surface area contributed by atoms with Crippen LogP contribution in [0.1, 0.15) is 101 Å². The standard InChI is InChI=1S/C26H41NO4S/c1-7-8-13-31-20-14-19(15-20)27(24(28)18-11-9-17(2)10-12-18)21-16-22(26(3,4)5)32-23(21)25(29)30-6/h16-20H,7-15H2,1-6H3/t17-,18-,19-,20-. The van der Waals surface area contributed by atoms with Crippen molar-refractivity contribution in [3.63, 3.8) is 0 Å². The van der Waals surface area contributed by atoms with Crippen molar-refractivity contribution >= 4 is 28.9 Å². The summed E-state index contributed by atoms with van der Waals surface area (Å²) in [4.78, 5) is 30.2. The lowest BCUT2D eigenvalue weighted by Gasteiger charge is -2.44. The number of rotatable bonds is 8. The van der Waals surface area contributed by atoms with Crippen LogP contribution in [-0.2, 0) is 19.7 Å². The predicted molar refractivity (Wildman–Crippen MR) is 131 cm³/mol. The van der Waals surface area contributed by atoms with Gasteiger partial charge in [-0.25, -0.2) is 4.79 Å². The third kappa shape index (κ3) is 5.74. The molecule has 0 unspecified atom stereocenters. The summed E-state index contributed by atoms with van der Waals surface area (Å²) >= 11 is 1.46. The third-order valence-electron chi connectivity index (χ3n) is 6.97. The molecule has 1 aromatic rings. The van der Waals surface area contributed by atoms with Crippen LogP contribution in [0.4, 0.5) is 5.69 Å². The van der Waals surface area contributed by atoms with Crippen LogP contribution in [0.15, 0.2) is 6.07 Å². The molecule has 1 aromatic heterocycles. The fourth-order valence-electron chi connectivity index (χ4n) is 4.65. The van der Waals surface area contributed by atoms with Gasteiger partial charge < -0.3 is 14.4 Å². The van der Waals surface area contributed by atoms with E-state index in [1.165, 1.54) is 18.4 Å². The Morgan fingerprint density at radius 1 is 1.16 bits per heavy atom. The highest BCUT2D eigenvalue weighted by Gasteiger charge is 2.42. The zero-order valence-corrected chi connectivity index (χ0v) is 21.6. The number of amides is 1. The zero-order chi connectivity index (χ0) is 23.5. The van der Waals surface area contributed by atoms with Crippen molar-refractivity contribution in [3.05, 3.63) is 15.8 Å². The molecule has 0 aromatic carbocycles. The molecule has 0 aliphatic heterocycles. The summed E-state index contributed by atoms with van der Waals surface area (Å²) in [5, 5.41) is 0. The number of anilines is 1. The van der Waals surface area contributed by atoms with Crippen LogP contribution in [0.3, 0.4) is 0 Å². The highest BCUT2D eigenvalue weighted by molar-refractivity contribution is 7.14. The highest BCUT2D eigenvalue weighted by Crippen LogP contribution is 2.43. The second-order valence-electron chi connectivity index (χ2n) is 10.7. The Kier molecular flexibility index (Phi) is 8.42. The SMILES string of the molecule is CCCCO[C@H]1C[C@H](N(c2cc(C(C)(C)C)sc2C(=O)OC)C(=O)[C@H]2CC[C@H](C)CC2)C1. The van der Waals surface area contributed by atoms with Crippen molar-refractivity contribution in [2.24, 2.45) is 11.8 Å². The normalized spacial score (nSPS) is 25.8. The maximum Gasteiger partial charge on any atom is 0.350 e. The molecule has 0 bridgehead atoms. The minimum Gasteiger partial charge on any atom is -0.465 e. The Balaban J connectivity index is 1.90. The molecule has 0 spiro atoms. The maximum absolute atomic E-state index is 13.9. The van der Waals surface area contributed by atoms with E-state index in [0.717, 1.165) is 68.5 Å². The predicted octanol–water partition coefficient (Wildman–Crippen LogP) is 6.34. The lowest BCUT2D eigenvalue weighted by atomic mass is 9.80. The van der Waals surface area contributed by atoms with E-state index in [2.05, 4.69) is 40.7 Å². The summed E-state index contributed by atoms with van der Waals surface area (Å²) in [7, 11) is 1.41. The first-order chi connectivity index (χ1) is 15.2. The quantitative estimate of drug-likeness (QED) is 0.333. The molecule has 3 rings (SSSR count). The van der Waals surface area contributed by atoms with Crippen LogP contribution in [0.5, 0.6) is 0 Å². The van der Waals surface area contributed by atoms with Gasteiger partial charge >= 0.3 is 5.97 Å².